The molecule has 0 aliphatic rings. The van der Waals surface area contributed by atoms with Crippen molar-refractivity contribution in [3.05, 3.63) is 12.3 Å². The van der Waals surface area contributed by atoms with E-state index in [9.17, 15) is 4.57 Å². The van der Waals surface area contributed by atoms with Crippen LogP contribution in [0, 0.1) is 0 Å². The van der Waals surface area contributed by atoms with Gasteiger partial charge in [0, 0.05) is 0 Å². The number of unbranched alkanes of at least 4 members (excludes halogenated alkanes) is 1. The van der Waals surface area contributed by atoms with Crippen LogP contribution in [0.15, 0.2) is 12.3 Å². The lowest BCUT2D eigenvalue weighted by molar-refractivity contribution is 0.346. The molecule has 0 radical (unpaired) electrons. The first kappa shape index (κ1) is 10.7. The molecule has 11 heavy (non-hydrogen) atoms. The Morgan fingerprint density at radius 3 is 2.73 bits per heavy atom. The smallest absolute Gasteiger partial charge is 0.376 e. The van der Waals surface area contributed by atoms with E-state index in [1.165, 1.54) is 6.26 Å². The summed E-state index contributed by atoms with van der Waals surface area (Å²) >= 11 is 0. The number of allylic oxidation sites excluding steroid dienone is 1. The van der Waals surface area contributed by atoms with Crippen LogP contribution in [0.4, 0.5) is 0 Å². The Balaban J connectivity index is 3.71. The van der Waals surface area contributed by atoms with Crippen LogP contribution in [0.1, 0.15) is 26.7 Å². The summed E-state index contributed by atoms with van der Waals surface area (Å²) in [7, 11) is -3.31. The van der Waals surface area contributed by atoms with E-state index in [0.29, 0.717) is 0 Å². The van der Waals surface area contributed by atoms with E-state index in [1.807, 2.05) is 6.92 Å². The highest BCUT2D eigenvalue weighted by atomic mass is 31.2. The van der Waals surface area contributed by atoms with Crippen LogP contribution in [-0.2, 0) is 9.09 Å². The lowest BCUT2D eigenvalue weighted by Crippen LogP contribution is -1.89. The maximum absolute atomic E-state index is 11.0. The molecule has 0 rings (SSSR count). The summed E-state index contributed by atoms with van der Waals surface area (Å²) in [5.74, 6) is 0. The number of hydrogen-bond donors (Lipinski definition) is 1. The number of hydrogen-bond acceptors (Lipinski definition) is 2. The van der Waals surface area contributed by atoms with Gasteiger partial charge >= 0.3 is 7.60 Å². The van der Waals surface area contributed by atoms with Gasteiger partial charge in [-0.3, -0.25) is 0 Å². The molecular formula is C7H15O3P. The van der Waals surface area contributed by atoms with Gasteiger partial charge in [-0.05, 0) is 13.3 Å². The van der Waals surface area contributed by atoms with E-state index in [1.54, 1.807) is 13.0 Å². The molecule has 1 unspecified atom stereocenters. The summed E-state index contributed by atoms with van der Waals surface area (Å²) in [4.78, 5) is 9.06. The molecule has 1 N–H and O–H groups in total. The van der Waals surface area contributed by atoms with Gasteiger partial charge < -0.3 is 9.42 Å². The minimum Gasteiger partial charge on any atom is -0.433 e. The lowest BCUT2D eigenvalue weighted by Gasteiger charge is -2.08. The summed E-state index contributed by atoms with van der Waals surface area (Å²) in [6, 6.07) is 0. The molecule has 0 saturated carbocycles. The fourth-order valence-corrected chi connectivity index (χ4v) is 1.70. The quantitative estimate of drug-likeness (QED) is 0.519. The fraction of sp³-hybridized carbons (Fsp3) is 0.714. The van der Waals surface area contributed by atoms with Gasteiger partial charge in [0.2, 0.25) is 0 Å². The van der Waals surface area contributed by atoms with Crippen molar-refractivity contribution < 1.29 is 14.0 Å². The van der Waals surface area contributed by atoms with Crippen LogP contribution in [0.5, 0.6) is 0 Å². The molecule has 0 fully saturated rings. The highest BCUT2D eigenvalue weighted by molar-refractivity contribution is 7.52. The second-order valence-electron chi connectivity index (χ2n) is 2.29. The summed E-state index contributed by atoms with van der Waals surface area (Å²) in [5.41, 5.74) is 0. The van der Waals surface area contributed by atoms with E-state index in [0.717, 1.165) is 12.8 Å². The lowest BCUT2D eigenvalue weighted by atomic mass is 10.4. The van der Waals surface area contributed by atoms with Crippen molar-refractivity contribution in [1.29, 1.82) is 0 Å². The van der Waals surface area contributed by atoms with Gasteiger partial charge in [-0.25, -0.2) is 4.57 Å². The maximum Gasteiger partial charge on any atom is 0.376 e. The predicted octanol–water partition coefficient (Wildman–Crippen LogP) is 2.52. The Bertz CT molecular complexity index is 165. The van der Waals surface area contributed by atoms with Gasteiger partial charge in [-0.2, -0.15) is 0 Å². The number of rotatable bonds is 5. The third-order valence-electron chi connectivity index (χ3n) is 1.16. The first-order valence-corrected chi connectivity index (χ1v) is 5.50. The fourth-order valence-electron chi connectivity index (χ4n) is 0.567. The second kappa shape index (κ2) is 5.39. The minimum atomic E-state index is -3.31. The maximum atomic E-state index is 11.0. The zero-order valence-corrected chi connectivity index (χ0v) is 7.88. The minimum absolute atomic E-state index is 0.244. The monoisotopic (exact) mass is 178 g/mol. The molecule has 0 bridgehead atoms. The van der Waals surface area contributed by atoms with Gasteiger partial charge in [-0.15, -0.1) is 0 Å². The molecule has 0 saturated heterocycles. The van der Waals surface area contributed by atoms with Gasteiger partial charge in [0.15, 0.2) is 0 Å². The molecule has 0 heterocycles. The van der Waals surface area contributed by atoms with Crippen molar-refractivity contribution in [3.8, 4) is 0 Å². The average Bonchev–Trinajstić information content (AvgIpc) is 1.97. The predicted molar refractivity (Wildman–Crippen MR) is 45.5 cm³/mol. The zero-order valence-electron chi connectivity index (χ0n) is 6.99. The Morgan fingerprint density at radius 2 is 2.27 bits per heavy atom. The molecule has 0 aromatic rings. The van der Waals surface area contributed by atoms with E-state index in [-0.39, 0.29) is 6.16 Å². The summed E-state index contributed by atoms with van der Waals surface area (Å²) in [6.07, 6.45) is 4.73. The molecule has 0 aliphatic heterocycles. The van der Waals surface area contributed by atoms with Gasteiger partial charge in [0.1, 0.15) is 0 Å². The van der Waals surface area contributed by atoms with Gasteiger partial charge in [-0.1, -0.05) is 19.4 Å². The summed E-state index contributed by atoms with van der Waals surface area (Å²) < 4.78 is 15.6. The highest BCUT2D eigenvalue weighted by Crippen LogP contribution is 2.42. The molecule has 0 aromatic heterocycles. The molecule has 0 aliphatic carbocycles. The van der Waals surface area contributed by atoms with Crippen LogP contribution in [-0.4, -0.2) is 11.1 Å². The summed E-state index contributed by atoms with van der Waals surface area (Å²) in [6.45, 7) is 3.70. The van der Waals surface area contributed by atoms with Gasteiger partial charge in [0.25, 0.3) is 0 Å². The van der Waals surface area contributed by atoms with Crippen molar-refractivity contribution in [2.75, 3.05) is 6.16 Å². The zero-order chi connectivity index (χ0) is 8.74. The van der Waals surface area contributed by atoms with E-state index >= 15 is 0 Å². The Kier molecular flexibility index (Phi) is 5.26. The van der Waals surface area contributed by atoms with E-state index < -0.39 is 7.60 Å². The Morgan fingerprint density at radius 1 is 1.64 bits per heavy atom. The first-order valence-electron chi connectivity index (χ1n) is 3.73. The van der Waals surface area contributed by atoms with Crippen LogP contribution >= 0.6 is 7.60 Å². The molecule has 0 spiro atoms. The van der Waals surface area contributed by atoms with E-state index in [2.05, 4.69) is 4.52 Å². The first-order chi connectivity index (χ1) is 5.12. The molecule has 0 aromatic carbocycles. The van der Waals surface area contributed by atoms with Crippen molar-refractivity contribution >= 4 is 7.60 Å². The highest BCUT2D eigenvalue weighted by Gasteiger charge is 2.16. The third kappa shape index (κ3) is 6.14. The Hall–Kier alpha value is -0.270. The van der Waals surface area contributed by atoms with Crippen molar-refractivity contribution in [1.82, 2.24) is 0 Å². The van der Waals surface area contributed by atoms with E-state index in [4.69, 9.17) is 4.89 Å². The Labute approximate surface area is 67.6 Å². The van der Waals surface area contributed by atoms with Crippen molar-refractivity contribution in [2.45, 2.75) is 26.7 Å². The average molecular weight is 178 g/mol. The molecule has 4 heteroatoms. The summed E-state index contributed by atoms with van der Waals surface area (Å²) in [5, 5.41) is 0. The molecule has 3 nitrogen and oxygen atoms in total. The van der Waals surface area contributed by atoms with Crippen LogP contribution in [0.2, 0.25) is 0 Å². The largest absolute Gasteiger partial charge is 0.433 e. The molecule has 1 atom stereocenters. The molecular weight excluding hydrogens is 163 g/mol. The van der Waals surface area contributed by atoms with Crippen molar-refractivity contribution in [3.63, 3.8) is 0 Å². The van der Waals surface area contributed by atoms with Crippen molar-refractivity contribution in [2.24, 2.45) is 0 Å². The van der Waals surface area contributed by atoms with Crippen LogP contribution in [0.3, 0.4) is 0 Å². The standard InChI is InChI=1S/C7H15O3P/c1-3-5-7-11(8,9)10-6-4-2/h4,6H,3,5,7H2,1-2H3,(H,8,9). The molecule has 0 amide bonds. The molecule has 66 valence electrons. The SMILES string of the molecule is CC=COP(=O)(O)CCCC. The normalized spacial score (nSPS) is 16.6. The van der Waals surface area contributed by atoms with Crippen LogP contribution < -0.4 is 0 Å². The van der Waals surface area contributed by atoms with Crippen LogP contribution in [0.25, 0.3) is 0 Å². The van der Waals surface area contributed by atoms with Gasteiger partial charge in [0.05, 0.1) is 12.4 Å². The second-order valence-corrected chi connectivity index (χ2v) is 4.22. The topological polar surface area (TPSA) is 46.5 Å². The third-order valence-corrected chi connectivity index (χ3v) is 2.49.